The summed E-state index contributed by atoms with van der Waals surface area (Å²) in [6.45, 7) is 6.41. The highest BCUT2D eigenvalue weighted by atomic mass is 16.5. The molecule has 1 N–H and O–H groups in total. The van der Waals surface area contributed by atoms with E-state index in [4.69, 9.17) is 4.74 Å². The van der Waals surface area contributed by atoms with Crippen molar-refractivity contribution in [1.82, 2.24) is 24.5 Å². The Labute approximate surface area is 187 Å². The Bertz CT molecular complexity index is 1360. The lowest BCUT2D eigenvalue weighted by atomic mass is 10.1. The maximum atomic E-state index is 6.02. The number of rotatable bonds is 5. The summed E-state index contributed by atoms with van der Waals surface area (Å²) in [6, 6.07) is 14.2. The maximum Gasteiger partial charge on any atom is 0.148 e. The molecule has 1 aromatic carbocycles. The van der Waals surface area contributed by atoms with Crippen LogP contribution in [0.4, 0.5) is 5.82 Å². The average molecular weight is 427 g/mol. The minimum absolute atomic E-state index is 0.431. The molecule has 0 radical (unpaired) electrons. The van der Waals surface area contributed by atoms with Crippen molar-refractivity contribution in [3.05, 3.63) is 78.6 Å². The van der Waals surface area contributed by atoms with E-state index in [0.29, 0.717) is 12.4 Å². The van der Waals surface area contributed by atoms with Gasteiger partial charge in [0.2, 0.25) is 0 Å². The standard InChI is InChI=1S/C23H20N6O.C2H6/c1-15-20-7-8-29(23(20)27-14-26-15)18-10-19(12-25-11-18)30-13-16-3-4-17-5-6-22(24-2)28-21(17)9-16;1-2/h3-12,14H,13H2,1-2H3,(H,24,28);1-2H3. The van der Waals surface area contributed by atoms with Crippen LogP contribution in [-0.2, 0) is 6.61 Å². The van der Waals surface area contributed by atoms with Gasteiger partial charge in [-0.3, -0.25) is 9.55 Å². The molecule has 162 valence electrons. The smallest absolute Gasteiger partial charge is 0.148 e. The monoisotopic (exact) mass is 426 g/mol. The second-order valence-electron chi connectivity index (χ2n) is 7.02. The zero-order valence-electron chi connectivity index (χ0n) is 18.7. The molecule has 4 aromatic heterocycles. The van der Waals surface area contributed by atoms with Crippen LogP contribution in [-0.4, -0.2) is 31.6 Å². The molecule has 0 saturated heterocycles. The first kappa shape index (κ1) is 21.2. The number of nitrogens with zero attached hydrogens (tertiary/aromatic N) is 5. The number of aromatic nitrogens is 5. The number of hydrogen-bond acceptors (Lipinski definition) is 6. The van der Waals surface area contributed by atoms with Crippen molar-refractivity contribution in [1.29, 1.82) is 0 Å². The van der Waals surface area contributed by atoms with Crippen LogP contribution in [0, 0.1) is 6.92 Å². The van der Waals surface area contributed by atoms with Gasteiger partial charge in [-0.1, -0.05) is 26.0 Å². The summed E-state index contributed by atoms with van der Waals surface area (Å²) < 4.78 is 8.01. The number of anilines is 1. The van der Waals surface area contributed by atoms with Gasteiger partial charge in [-0.2, -0.15) is 0 Å². The molecule has 0 unspecified atom stereocenters. The molecular weight excluding hydrogens is 400 g/mol. The van der Waals surface area contributed by atoms with Gasteiger partial charge in [0, 0.05) is 30.1 Å². The quantitative estimate of drug-likeness (QED) is 0.410. The van der Waals surface area contributed by atoms with Gasteiger partial charge in [-0.15, -0.1) is 0 Å². The zero-order valence-corrected chi connectivity index (χ0v) is 18.7. The summed E-state index contributed by atoms with van der Waals surface area (Å²) in [5.41, 5.74) is 4.67. The third kappa shape index (κ3) is 4.23. The van der Waals surface area contributed by atoms with Crippen molar-refractivity contribution in [2.45, 2.75) is 27.4 Å². The van der Waals surface area contributed by atoms with Crippen LogP contribution in [0.25, 0.3) is 27.6 Å². The molecule has 0 spiro atoms. The van der Waals surface area contributed by atoms with E-state index >= 15 is 0 Å². The molecule has 0 aliphatic heterocycles. The van der Waals surface area contributed by atoms with Gasteiger partial charge in [-0.05, 0) is 36.8 Å². The number of aryl methyl sites for hydroxylation is 1. The van der Waals surface area contributed by atoms with Gasteiger partial charge in [0.15, 0.2) is 0 Å². The van der Waals surface area contributed by atoms with Gasteiger partial charge in [0.1, 0.15) is 30.1 Å². The van der Waals surface area contributed by atoms with Crippen LogP contribution in [0.2, 0.25) is 0 Å². The van der Waals surface area contributed by atoms with E-state index < -0.39 is 0 Å². The molecule has 0 saturated carbocycles. The molecule has 0 bridgehead atoms. The summed E-state index contributed by atoms with van der Waals surface area (Å²) in [6.07, 6.45) is 7.06. The molecule has 0 fully saturated rings. The Hall–Kier alpha value is -4.00. The van der Waals surface area contributed by atoms with Gasteiger partial charge in [-0.25, -0.2) is 15.0 Å². The Morgan fingerprint density at radius 1 is 1.00 bits per heavy atom. The van der Waals surface area contributed by atoms with E-state index in [1.54, 1.807) is 18.7 Å². The van der Waals surface area contributed by atoms with Crippen molar-refractivity contribution >= 4 is 27.8 Å². The second kappa shape index (κ2) is 9.43. The second-order valence-corrected chi connectivity index (χ2v) is 7.02. The third-order valence-corrected chi connectivity index (χ3v) is 5.08. The number of hydrogen-bond donors (Lipinski definition) is 1. The molecule has 0 aliphatic rings. The predicted molar refractivity (Wildman–Crippen MR) is 128 cm³/mol. The highest BCUT2D eigenvalue weighted by molar-refractivity contribution is 5.81. The van der Waals surface area contributed by atoms with Crippen molar-refractivity contribution in [3.8, 4) is 11.4 Å². The highest BCUT2D eigenvalue weighted by Crippen LogP contribution is 2.23. The topological polar surface area (TPSA) is 77.8 Å². The number of pyridine rings is 2. The van der Waals surface area contributed by atoms with Gasteiger partial charge in [0.05, 0.1) is 29.3 Å². The number of benzene rings is 1. The fourth-order valence-electron chi connectivity index (χ4n) is 3.46. The first-order valence-electron chi connectivity index (χ1n) is 10.7. The zero-order chi connectivity index (χ0) is 22.5. The van der Waals surface area contributed by atoms with Gasteiger partial charge in [0.25, 0.3) is 0 Å². The van der Waals surface area contributed by atoms with Crippen molar-refractivity contribution < 1.29 is 4.74 Å². The minimum Gasteiger partial charge on any atom is -0.487 e. The normalized spacial score (nSPS) is 10.6. The van der Waals surface area contributed by atoms with Crippen LogP contribution in [0.15, 0.2) is 67.4 Å². The molecule has 5 aromatic rings. The summed E-state index contributed by atoms with van der Waals surface area (Å²) >= 11 is 0. The van der Waals surface area contributed by atoms with Crippen LogP contribution in [0.1, 0.15) is 25.1 Å². The van der Waals surface area contributed by atoms with E-state index in [9.17, 15) is 0 Å². The van der Waals surface area contributed by atoms with E-state index in [-0.39, 0.29) is 0 Å². The van der Waals surface area contributed by atoms with Crippen molar-refractivity contribution in [2.75, 3.05) is 12.4 Å². The molecule has 7 nitrogen and oxygen atoms in total. The lowest BCUT2D eigenvalue weighted by Crippen LogP contribution is -2.00. The molecule has 5 rings (SSSR count). The largest absolute Gasteiger partial charge is 0.487 e. The van der Waals surface area contributed by atoms with Crippen LogP contribution < -0.4 is 10.1 Å². The number of ether oxygens (including phenoxy) is 1. The lowest BCUT2D eigenvalue weighted by molar-refractivity contribution is 0.305. The van der Waals surface area contributed by atoms with Crippen LogP contribution >= 0.6 is 0 Å². The number of nitrogens with one attached hydrogen (secondary N) is 1. The molecule has 7 heteroatoms. The van der Waals surface area contributed by atoms with Gasteiger partial charge >= 0.3 is 0 Å². The average Bonchev–Trinajstić information content (AvgIpc) is 3.29. The molecule has 0 aliphatic carbocycles. The minimum atomic E-state index is 0.431. The molecule has 0 atom stereocenters. The Morgan fingerprint density at radius 2 is 1.84 bits per heavy atom. The predicted octanol–water partition coefficient (Wildman–Crippen LogP) is 5.32. The fourth-order valence-corrected chi connectivity index (χ4v) is 3.46. The summed E-state index contributed by atoms with van der Waals surface area (Å²) in [7, 11) is 1.86. The van der Waals surface area contributed by atoms with Crippen LogP contribution in [0.5, 0.6) is 5.75 Å². The van der Waals surface area contributed by atoms with E-state index in [1.165, 1.54) is 0 Å². The van der Waals surface area contributed by atoms with Crippen molar-refractivity contribution in [2.24, 2.45) is 0 Å². The first-order valence-corrected chi connectivity index (χ1v) is 10.7. The maximum absolute atomic E-state index is 6.02. The van der Waals surface area contributed by atoms with E-state index in [0.717, 1.165) is 44.7 Å². The van der Waals surface area contributed by atoms with Gasteiger partial charge < -0.3 is 10.1 Å². The Morgan fingerprint density at radius 3 is 2.69 bits per heavy atom. The van der Waals surface area contributed by atoms with E-state index in [2.05, 4.69) is 43.5 Å². The Balaban J connectivity index is 0.00000119. The molecule has 0 amide bonds. The highest BCUT2D eigenvalue weighted by Gasteiger charge is 2.09. The van der Waals surface area contributed by atoms with E-state index in [1.807, 2.05) is 62.8 Å². The SMILES string of the molecule is CC.CNc1ccc2ccc(COc3cncc(-n4ccc5c(C)ncnc54)c3)cc2n1. The molecule has 4 heterocycles. The third-order valence-electron chi connectivity index (χ3n) is 5.08. The number of fused-ring (bicyclic) bond motifs is 2. The van der Waals surface area contributed by atoms with Crippen LogP contribution in [0.3, 0.4) is 0 Å². The van der Waals surface area contributed by atoms with Crippen molar-refractivity contribution in [3.63, 3.8) is 0 Å². The summed E-state index contributed by atoms with van der Waals surface area (Å²) in [4.78, 5) is 17.6. The fraction of sp³-hybridized carbons (Fsp3) is 0.200. The lowest BCUT2D eigenvalue weighted by Gasteiger charge is -2.10. The molecule has 32 heavy (non-hydrogen) atoms. The molecular formula is C25H26N6O. The summed E-state index contributed by atoms with van der Waals surface area (Å²) in [5, 5.41) is 5.19. The Kier molecular flexibility index (Phi) is 6.26. The summed E-state index contributed by atoms with van der Waals surface area (Å²) in [5.74, 6) is 1.53. The first-order chi connectivity index (χ1) is 15.7.